The van der Waals surface area contributed by atoms with E-state index in [1.807, 2.05) is 24.3 Å². The maximum Gasteiger partial charge on any atom is 0.410 e. The van der Waals surface area contributed by atoms with Gasteiger partial charge in [0.15, 0.2) is 11.4 Å². The highest BCUT2D eigenvalue weighted by Gasteiger charge is 2.12. The van der Waals surface area contributed by atoms with E-state index in [0.29, 0.717) is 39.9 Å². The molecule has 5 rings (SSSR count). The Labute approximate surface area is 180 Å². The van der Waals surface area contributed by atoms with E-state index in [4.69, 9.17) is 20.1 Å². The fourth-order valence-electron chi connectivity index (χ4n) is 3.29. The summed E-state index contributed by atoms with van der Waals surface area (Å²) in [5.74, 6) is 1.36. The van der Waals surface area contributed by atoms with E-state index in [9.17, 15) is 4.79 Å². The minimum atomic E-state index is -1.23. The number of amides is 1. The number of hydrogen-bond acceptors (Lipinski definition) is 8. The van der Waals surface area contributed by atoms with Gasteiger partial charge in [-0.25, -0.2) is 9.78 Å². The highest BCUT2D eigenvalue weighted by atomic mass is 16.5. The zero-order valence-corrected chi connectivity index (χ0v) is 16.4. The summed E-state index contributed by atoms with van der Waals surface area (Å²) in [7, 11) is 0. The summed E-state index contributed by atoms with van der Waals surface area (Å²) >= 11 is 0. The minimum Gasteiger partial charge on any atom is -0.465 e. The number of nitrogens with zero attached hydrogens (tertiary/aromatic N) is 3. The molecule has 0 atom stereocenters. The van der Waals surface area contributed by atoms with Crippen LogP contribution in [0.2, 0.25) is 0 Å². The van der Waals surface area contributed by atoms with Crippen LogP contribution in [0.15, 0.2) is 71.4 Å². The van der Waals surface area contributed by atoms with Crippen LogP contribution >= 0.6 is 0 Å². The maximum atomic E-state index is 10.9. The first-order valence-electron chi connectivity index (χ1n) is 9.51. The molecule has 0 saturated heterocycles. The van der Waals surface area contributed by atoms with Crippen LogP contribution in [-0.2, 0) is 0 Å². The fraction of sp³-hybridized carbons (Fsp3) is 0. The molecular weight excluding hydrogens is 412 g/mol. The van der Waals surface area contributed by atoms with Gasteiger partial charge in [0.1, 0.15) is 5.75 Å². The molecule has 0 fully saturated rings. The van der Waals surface area contributed by atoms with Crippen molar-refractivity contribution in [2.75, 3.05) is 16.4 Å². The molecule has 0 spiro atoms. The number of fused-ring (bicyclic) bond motifs is 2. The summed E-state index contributed by atoms with van der Waals surface area (Å²) < 4.78 is 11.1. The lowest BCUT2D eigenvalue weighted by Crippen LogP contribution is -2.07. The summed E-state index contributed by atoms with van der Waals surface area (Å²) in [5.41, 5.74) is 7.78. The Morgan fingerprint density at radius 3 is 2.72 bits per heavy atom. The molecule has 0 aliphatic rings. The average Bonchev–Trinajstić information content (AvgIpc) is 3.18. The van der Waals surface area contributed by atoms with Gasteiger partial charge in [-0.1, -0.05) is 29.4 Å². The Bertz CT molecular complexity index is 1470. The van der Waals surface area contributed by atoms with Crippen molar-refractivity contribution in [3.8, 4) is 11.6 Å². The number of benzene rings is 3. The normalized spacial score (nSPS) is 10.9. The SMILES string of the molecule is Nc1ccc(Oc2ccnc(Nc3ccc4onc(NC(=O)O)c4c3)n2)c2ccccc12. The standard InChI is InChI=1S/C22H16N6O4/c23-16-6-8-17(14-4-2-1-3-13(14)16)31-19-9-10-24-21(26-19)25-12-5-7-18-15(11-12)20(28-32-18)27-22(29)30/h1-11H,23H2,(H,27,28)(H,29,30)(H,24,25,26). The van der Waals surface area contributed by atoms with Crippen LogP contribution in [0.25, 0.3) is 21.7 Å². The Morgan fingerprint density at radius 2 is 1.88 bits per heavy atom. The van der Waals surface area contributed by atoms with Crippen molar-refractivity contribution >= 4 is 51.0 Å². The Morgan fingerprint density at radius 1 is 1.03 bits per heavy atom. The van der Waals surface area contributed by atoms with Crippen LogP contribution in [0.4, 0.5) is 27.9 Å². The first-order valence-corrected chi connectivity index (χ1v) is 9.51. The molecule has 158 valence electrons. The molecule has 2 aromatic heterocycles. The molecule has 10 nitrogen and oxygen atoms in total. The molecule has 0 saturated carbocycles. The third-order valence-electron chi connectivity index (χ3n) is 4.71. The number of carboxylic acid groups (broad SMARTS) is 1. The van der Waals surface area contributed by atoms with Crippen LogP contribution in [0.3, 0.4) is 0 Å². The molecule has 0 unspecified atom stereocenters. The molecule has 3 aromatic carbocycles. The van der Waals surface area contributed by atoms with Crippen LogP contribution < -0.4 is 21.1 Å². The number of nitrogen functional groups attached to an aromatic ring is 1. The smallest absolute Gasteiger partial charge is 0.410 e. The first-order chi connectivity index (χ1) is 15.6. The van der Waals surface area contributed by atoms with Gasteiger partial charge in [0.25, 0.3) is 0 Å². The lowest BCUT2D eigenvalue weighted by molar-refractivity contribution is 0.209. The van der Waals surface area contributed by atoms with E-state index in [0.717, 1.165) is 10.8 Å². The topological polar surface area (TPSA) is 148 Å². The Kier molecular flexibility index (Phi) is 4.64. The number of aromatic nitrogens is 3. The third-order valence-corrected chi connectivity index (χ3v) is 4.71. The monoisotopic (exact) mass is 428 g/mol. The molecule has 10 heteroatoms. The van der Waals surface area contributed by atoms with Gasteiger partial charge in [0.05, 0.1) is 5.39 Å². The van der Waals surface area contributed by atoms with E-state index in [2.05, 4.69) is 25.8 Å². The number of nitrogens with one attached hydrogen (secondary N) is 2. The summed E-state index contributed by atoms with van der Waals surface area (Å²) in [4.78, 5) is 19.6. The fourth-order valence-corrected chi connectivity index (χ4v) is 3.29. The maximum absolute atomic E-state index is 10.9. The van der Waals surface area contributed by atoms with Gasteiger partial charge in [-0.2, -0.15) is 4.98 Å². The largest absolute Gasteiger partial charge is 0.465 e. The summed E-state index contributed by atoms with van der Waals surface area (Å²) in [5, 5.41) is 20.2. The molecule has 32 heavy (non-hydrogen) atoms. The summed E-state index contributed by atoms with van der Waals surface area (Å²) in [6.07, 6.45) is 0.335. The average molecular weight is 428 g/mol. The molecule has 0 aliphatic carbocycles. The van der Waals surface area contributed by atoms with Crippen LogP contribution in [-0.4, -0.2) is 26.3 Å². The van der Waals surface area contributed by atoms with Crippen molar-refractivity contribution < 1.29 is 19.2 Å². The molecule has 5 N–H and O–H groups in total. The van der Waals surface area contributed by atoms with E-state index in [1.165, 1.54) is 0 Å². The van der Waals surface area contributed by atoms with E-state index >= 15 is 0 Å². The van der Waals surface area contributed by atoms with E-state index in [1.54, 1.807) is 42.6 Å². The van der Waals surface area contributed by atoms with Crippen molar-refractivity contribution in [1.82, 2.24) is 15.1 Å². The van der Waals surface area contributed by atoms with Crippen LogP contribution in [0.1, 0.15) is 0 Å². The van der Waals surface area contributed by atoms with Gasteiger partial charge >= 0.3 is 6.09 Å². The molecule has 0 radical (unpaired) electrons. The molecule has 0 aliphatic heterocycles. The highest BCUT2D eigenvalue weighted by Crippen LogP contribution is 2.33. The lowest BCUT2D eigenvalue weighted by atomic mass is 10.1. The minimum absolute atomic E-state index is 0.101. The van der Waals surface area contributed by atoms with E-state index < -0.39 is 6.09 Å². The quantitative estimate of drug-likeness (QED) is 0.284. The zero-order chi connectivity index (χ0) is 22.1. The van der Waals surface area contributed by atoms with Crippen molar-refractivity contribution in [2.45, 2.75) is 0 Å². The van der Waals surface area contributed by atoms with Gasteiger partial charge in [0.2, 0.25) is 11.8 Å². The third kappa shape index (κ3) is 3.67. The number of anilines is 4. The molecule has 1 amide bonds. The van der Waals surface area contributed by atoms with Gasteiger partial charge in [0, 0.05) is 34.4 Å². The Hall–Kier alpha value is -4.86. The van der Waals surface area contributed by atoms with Crippen LogP contribution in [0.5, 0.6) is 11.6 Å². The Balaban J connectivity index is 1.42. The highest BCUT2D eigenvalue weighted by molar-refractivity contribution is 5.98. The van der Waals surface area contributed by atoms with E-state index in [-0.39, 0.29) is 5.82 Å². The van der Waals surface area contributed by atoms with Crippen molar-refractivity contribution in [3.05, 3.63) is 66.9 Å². The number of hydrogen-bond donors (Lipinski definition) is 4. The number of nitrogens with two attached hydrogens (primary N) is 1. The van der Waals surface area contributed by atoms with Crippen molar-refractivity contribution in [1.29, 1.82) is 0 Å². The second-order valence-electron chi connectivity index (χ2n) is 6.82. The van der Waals surface area contributed by atoms with Crippen LogP contribution in [0, 0.1) is 0 Å². The number of carbonyl (C=O) groups is 1. The summed E-state index contributed by atoms with van der Waals surface area (Å²) in [6, 6.07) is 18.0. The second-order valence-corrected chi connectivity index (χ2v) is 6.82. The predicted molar refractivity (Wildman–Crippen MR) is 119 cm³/mol. The van der Waals surface area contributed by atoms with Crippen molar-refractivity contribution in [3.63, 3.8) is 0 Å². The van der Waals surface area contributed by atoms with Gasteiger partial charge in [-0.3, -0.25) is 5.32 Å². The molecular formula is C22H16N6O4. The summed E-state index contributed by atoms with van der Waals surface area (Å²) in [6.45, 7) is 0. The molecule has 5 aromatic rings. The second kappa shape index (κ2) is 7.76. The van der Waals surface area contributed by atoms with Crippen molar-refractivity contribution in [2.24, 2.45) is 0 Å². The first kappa shape index (κ1) is 19.1. The van der Waals surface area contributed by atoms with Gasteiger partial charge < -0.3 is 25.4 Å². The van der Waals surface area contributed by atoms with Gasteiger partial charge in [-0.15, -0.1) is 0 Å². The lowest BCUT2D eigenvalue weighted by Gasteiger charge is -2.11. The zero-order valence-electron chi connectivity index (χ0n) is 16.4. The number of ether oxygens (including phenoxy) is 1. The molecule has 0 bridgehead atoms. The van der Waals surface area contributed by atoms with Gasteiger partial charge in [-0.05, 0) is 30.3 Å². The number of rotatable bonds is 5. The predicted octanol–water partition coefficient (Wildman–Crippen LogP) is 4.98. The molecule has 2 heterocycles.